The summed E-state index contributed by atoms with van der Waals surface area (Å²) in [5, 5.41) is 2.98. The maximum Gasteiger partial charge on any atom is 0.248 e. The number of nitrogens with zero attached hydrogens (tertiary/aromatic N) is 3. The van der Waals surface area contributed by atoms with E-state index in [0.29, 0.717) is 41.0 Å². The van der Waals surface area contributed by atoms with Crippen LogP contribution in [0.3, 0.4) is 0 Å². The van der Waals surface area contributed by atoms with Crippen molar-refractivity contribution in [3.63, 3.8) is 0 Å². The molecule has 1 aromatic carbocycles. The van der Waals surface area contributed by atoms with Gasteiger partial charge >= 0.3 is 0 Å². The molecule has 0 radical (unpaired) electrons. The molecule has 3 heterocycles. The highest BCUT2D eigenvalue weighted by Crippen LogP contribution is 2.26. The number of morpholine rings is 1. The highest BCUT2D eigenvalue weighted by molar-refractivity contribution is 6.31. The van der Waals surface area contributed by atoms with Gasteiger partial charge in [-0.2, -0.15) is 0 Å². The lowest BCUT2D eigenvalue weighted by atomic mass is 10.2. The number of aromatic nitrogens is 2. The van der Waals surface area contributed by atoms with Crippen LogP contribution in [0.1, 0.15) is 19.5 Å². The normalized spacial score (nSPS) is 19.5. The van der Waals surface area contributed by atoms with Crippen molar-refractivity contribution in [2.75, 3.05) is 23.3 Å². The molecule has 1 aliphatic rings. The van der Waals surface area contributed by atoms with E-state index in [0.717, 1.165) is 0 Å². The average Bonchev–Trinajstić information content (AvgIpc) is 3.00. The zero-order valence-electron chi connectivity index (χ0n) is 16.7. The van der Waals surface area contributed by atoms with Gasteiger partial charge < -0.3 is 15.0 Å². The van der Waals surface area contributed by atoms with Gasteiger partial charge in [-0.05, 0) is 50.3 Å². The molecule has 1 saturated heterocycles. The third-order valence-corrected chi connectivity index (χ3v) is 5.17. The number of pyridine rings is 1. The number of fused-ring (bicyclic) bond motifs is 1. The predicted molar refractivity (Wildman–Crippen MR) is 116 cm³/mol. The number of hydrogen-bond donors (Lipinski definition) is 1. The SMILES string of the molecule is CC1CN(c2ccc(NC(=O)C=Cc3c(Cl)nc4ccccn34)cc2F)CC(C)O1. The largest absolute Gasteiger partial charge is 0.372 e. The molecule has 1 amide bonds. The van der Waals surface area contributed by atoms with Gasteiger partial charge in [0.2, 0.25) is 5.91 Å². The van der Waals surface area contributed by atoms with Crippen LogP contribution in [0.15, 0.2) is 48.7 Å². The van der Waals surface area contributed by atoms with Crippen LogP contribution >= 0.6 is 11.6 Å². The predicted octanol–water partition coefficient (Wildman–Crippen LogP) is 4.39. The maximum absolute atomic E-state index is 14.7. The number of carbonyl (C=O) groups is 1. The van der Waals surface area contributed by atoms with E-state index in [1.165, 1.54) is 12.1 Å². The first-order valence-electron chi connectivity index (χ1n) is 9.72. The van der Waals surface area contributed by atoms with Crippen molar-refractivity contribution in [3.05, 3.63) is 65.3 Å². The van der Waals surface area contributed by atoms with Crippen molar-refractivity contribution in [1.29, 1.82) is 0 Å². The van der Waals surface area contributed by atoms with Gasteiger partial charge in [-0.25, -0.2) is 9.37 Å². The second kappa shape index (κ2) is 8.45. The number of hydrogen-bond acceptors (Lipinski definition) is 4. The van der Waals surface area contributed by atoms with Crippen LogP contribution in [0, 0.1) is 5.82 Å². The van der Waals surface area contributed by atoms with Gasteiger partial charge in [0.1, 0.15) is 11.5 Å². The Hall–Kier alpha value is -2.90. The molecule has 0 spiro atoms. The molecule has 6 nitrogen and oxygen atoms in total. The van der Waals surface area contributed by atoms with E-state index in [1.807, 2.05) is 43.1 Å². The Bertz CT molecular complexity index is 1100. The number of ether oxygens (including phenoxy) is 1. The zero-order chi connectivity index (χ0) is 21.3. The van der Waals surface area contributed by atoms with Crippen molar-refractivity contribution in [1.82, 2.24) is 9.38 Å². The van der Waals surface area contributed by atoms with Crippen LogP contribution in [0.4, 0.5) is 15.8 Å². The first kappa shape index (κ1) is 20.4. The summed E-state index contributed by atoms with van der Waals surface area (Å²) >= 11 is 6.17. The number of halogens is 2. The van der Waals surface area contributed by atoms with Gasteiger partial charge in [0.25, 0.3) is 0 Å². The van der Waals surface area contributed by atoms with Crippen molar-refractivity contribution < 1.29 is 13.9 Å². The first-order valence-corrected chi connectivity index (χ1v) is 10.1. The molecule has 30 heavy (non-hydrogen) atoms. The third kappa shape index (κ3) is 4.32. The summed E-state index contributed by atoms with van der Waals surface area (Å²) in [6.45, 7) is 5.18. The van der Waals surface area contributed by atoms with Gasteiger partial charge in [-0.15, -0.1) is 0 Å². The molecule has 3 aromatic rings. The summed E-state index contributed by atoms with van der Waals surface area (Å²) in [5.74, 6) is -0.777. The Balaban J connectivity index is 1.46. The lowest BCUT2D eigenvalue weighted by molar-refractivity contribution is -0.111. The Kier molecular flexibility index (Phi) is 5.74. The topological polar surface area (TPSA) is 58.9 Å². The molecular formula is C22H22ClFN4O2. The molecule has 0 saturated carbocycles. The van der Waals surface area contributed by atoms with Crippen LogP contribution in [-0.2, 0) is 9.53 Å². The fourth-order valence-electron chi connectivity index (χ4n) is 3.69. The van der Waals surface area contributed by atoms with E-state index in [4.69, 9.17) is 16.3 Å². The zero-order valence-corrected chi connectivity index (χ0v) is 17.4. The van der Waals surface area contributed by atoms with E-state index in [9.17, 15) is 9.18 Å². The van der Waals surface area contributed by atoms with Crippen molar-refractivity contribution in [2.24, 2.45) is 0 Å². The summed E-state index contributed by atoms with van der Waals surface area (Å²) in [6, 6.07) is 10.2. The van der Waals surface area contributed by atoms with E-state index in [2.05, 4.69) is 10.3 Å². The number of imidazole rings is 1. The second-order valence-corrected chi connectivity index (χ2v) is 7.73. The van der Waals surface area contributed by atoms with Gasteiger partial charge in [-0.1, -0.05) is 17.7 Å². The fourth-order valence-corrected chi connectivity index (χ4v) is 3.93. The Morgan fingerprint density at radius 2 is 2.03 bits per heavy atom. The summed E-state index contributed by atoms with van der Waals surface area (Å²) in [7, 11) is 0. The maximum atomic E-state index is 14.7. The Morgan fingerprint density at radius 3 is 2.77 bits per heavy atom. The molecule has 2 aromatic heterocycles. The average molecular weight is 429 g/mol. The molecule has 1 fully saturated rings. The summed E-state index contributed by atoms with van der Waals surface area (Å²) in [6.07, 6.45) is 4.80. The van der Waals surface area contributed by atoms with E-state index < -0.39 is 5.91 Å². The van der Waals surface area contributed by atoms with E-state index >= 15 is 0 Å². The minimum atomic E-state index is -0.391. The number of anilines is 2. The third-order valence-electron chi connectivity index (χ3n) is 4.89. The van der Waals surface area contributed by atoms with E-state index in [-0.39, 0.29) is 18.0 Å². The van der Waals surface area contributed by atoms with Gasteiger partial charge in [0.05, 0.1) is 23.6 Å². The molecule has 2 atom stereocenters. The number of benzene rings is 1. The first-order chi connectivity index (χ1) is 14.4. The Morgan fingerprint density at radius 1 is 1.27 bits per heavy atom. The van der Waals surface area contributed by atoms with Crippen LogP contribution in [0.5, 0.6) is 0 Å². The minimum absolute atomic E-state index is 0.0316. The molecule has 1 aliphatic heterocycles. The van der Waals surface area contributed by atoms with Gasteiger partial charge in [0.15, 0.2) is 5.15 Å². The fraction of sp³-hybridized carbons (Fsp3) is 0.273. The highest BCUT2D eigenvalue weighted by atomic mass is 35.5. The number of amides is 1. The quantitative estimate of drug-likeness (QED) is 0.626. The Labute approximate surface area is 178 Å². The van der Waals surface area contributed by atoms with Gasteiger partial charge in [0, 0.05) is 31.0 Å². The molecule has 8 heteroatoms. The molecule has 156 valence electrons. The van der Waals surface area contributed by atoms with Crippen molar-refractivity contribution in [3.8, 4) is 0 Å². The van der Waals surface area contributed by atoms with Crippen LogP contribution in [0.25, 0.3) is 11.7 Å². The van der Waals surface area contributed by atoms with Crippen LogP contribution < -0.4 is 10.2 Å². The smallest absolute Gasteiger partial charge is 0.248 e. The van der Waals surface area contributed by atoms with E-state index in [1.54, 1.807) is 22.6 Å². The van der Waals surface area contributed by atoms with Crippen LogP contribution in [-0.4, -0.2) is 40.6 Å². The van der Waals surface area contributed by atoms with Crippen molar-refractivity contribution in [2.45, 2.75) is 26.1 Å². The lowest BCUT2D eigenvalue weighted by Crippen LogP contribution is -2.45. The van der Waals surface area contributed by atoms with Crippen LogP contribution in [0.2, 0.25) is 5.15 Å². The summed E-state index contributed by atoms with van der Waals surface area (Å²) in [4.78, 5) is 18.5. The summed E-state index contributed by atoms with van der Waals surface area (Å²) in [5.41, 5.74) is 2.17. The van der Waals surface area contributed by atoms with Crippen molar-refractivity contribution >= 4 is 40.6 Å². The second-order valence-electron chi connectivity index (χ2n) is 7.37. The standard InChI is InChI=1S/C22H22ClFN4O2/c1-14-12-27(13-15(2)30-14)18-7-6-16(11-17(18)24)25-21(29)9-8-19-22(23)26-20-5-3-4-10-28(19)20/h3-11,14-15H,12-13H2,1-2H3,(H,25,29). The monoisotopic (exact) mass is 428 g/mol. The summed E-state index contributed by atoms with van der Waals surface area (Å²) < 4.78 is 22.2. The molecular weight excluding hydrogens is 407 g/mol. The minimum Gasteiger partial charge on any atom is -0.372 e. The number of nitrogens with one attached hydrogen (secondary N) is 1. The lowest BCUT2D eigenvalue weighted by Gasteiger charge is -2.37. The molecule has 0 aliphatic carbocycles. The molecule has 0 bridgehead atoms. The van der Waals surface area contributed by atoms with Gasteiger partial charge in [-0.3, -0.25) is 9.20 Å². The molecule has 4 rings (SSSR count). The number of rotatable bonds is 4. The number of carbonyl (C=O) groups excluding carboxylic acids is 1. The highest BCUT2D eigenvalue weighted by Gasteiger charge is 2.24. The molecule has 1 N–H and O–H groups in total. The molecule has 2 unspecified atom stereocenters.